The topological polar surface area (TPSA) is 84.5 Å². The summed E-state index contributed by atoms with van der Waals surface area (Å²) >= 11 is 6.16. The molecule has 0 N–H and O–H groups in total. The summed E-state index contributed by atoms with van der Waals surface area (Å²) in [4.78, 5) is 28.5. The first kappa shape index (κ1) is 22.9. The van der Waals surface area contributed by atoms with Crippen LogP contribution >= 0.6 is 11.6 Å². The zero-order valence-corrected chi connectivity index (χ0v) is 20.3. The molecule has 186 valence electrons. The SMILES string of the molecule is O=C(c1nn(C23CC4CC(CC(C4)C2)C3)cc1[N+](=O)[O-])N1CCN(Cc2c(F)cccc2Cl)CC1. The molecule has 5 aliphatic rings. The Morgan fingerprint density at radius 2 is 1.74 bits per heavy atom. The van der Waals surface area contributed by atoms with Gasteiger partial charge in [-0.15, -0.1) is 0 Å². The van der Waals surface area contributed by atoms with Gasteiger partial charge in [0.1, 0.15) is 12.0 Å². The molecule has 0 spiro atoms. The number of halogens is 2. The van der Waals surface area contributed by atoms with E-state index in [4.69, 9.17) is 11.6 Å². The van der Waals surface area contributed by atoms with Crippen LogP contribution in [0.15, 0.2) is 24.4 Å². The molecule has 7 rings (SSSR count). The highest BCUT2D eigenvalue weighted by Crippen LogP contribution is 2.58. The number of hydrogen-bond donors (Lipinski definition) is 0. The van der Waals surface area contributed by atoms with Crippen LogP contribution in [0.5, 0.6) is 0 Å². The molecular weight excluding hydrogens is 473 g/mol. The third-order valence-corrected chi connectivity index (χ3v) is 9.04. The summed E-state index contributed by atoms with van der Waals surface area (Å²) in [5, 5.41) is 16.9. The number of carbonyl (C=O) groups is 1. The predicted octanol–water partition coefficient (Wildman–Crippen LogP) is 4.47. The molecular formula is C25H29ClFN5O3. The Bertz CT molecular complexity index is 1120. The average Bonchev–Trinajstić information content (AvgIpc) is 3.28. The van der Waals surface area contributed by atoms with Crippen LogP contribution in [0.2, 0.25) is 5.02 Å². The molecule has 1 saturated heterocycles. The molecule has 4 bridgehead atoms. The number of rotatable bonds is 5. The molecule has 5 fully saturated rings. The molecule has 1 aromatic carbocycles. The van der Waals surface area contributed by atoms with E-state index >= 15 is 0 Å². The highest BCUT2D eigenvalue weighted by molar-refractivity contribution is 6.31. The predicted molar refractivity (Wildman–Crippen MR) is 128 cm³/mol. The summed E-state index contributed by atoms with van der Waals surface area (Å²) in [6.07, 6.45) is 8.30. The Hall–Kier alpha value is -2.52. The number of aromatic nitrogens is 2. The molecule has 0 unspecified atom stereocenters. The van der Waals surface area contributed by atoms with Crippen LogP contribution in [0.4, 0.5) is 10.1 Å². The summed E-state index contributed by atoms with van der Waals surface area (Å²) in [7, 11) is 0. The summed E-state index contributed by atoms with van der Waals surface area (Å²) in [5.41, 5.74) is -0.00277. The minimum atomic E-state index is -0.479. The number of nitrogens with zero attached hydrogens (tertiary/aromatic N) is 5. The summed E-state index contributed by atoms with van der Waals surface area (Å²) in [5.74, 6) is 1.25. The third kappa shape index (κ3) is 4.02. The van der Waals surface area contributed by atoms with Crippen LogP contribution in [0, 0.1) is 33.7 Å². The molecule has 4 aliphatic carbocycles. The second-order valence-electron chi connectivity index (χ2n) is 11.0. The Balaban J connectivity index is 1.19. The molecule has 35 heavy (non-hydrogen) atoms. The van der Waals surface area contributed by atoms with Gasteiger partial charge in [-0.25, -0.2) is 4.39 Å². The van der Waals surface area contributed by atoms with E-state index < -0.39 is 10.8 Å². The minimum Gasteiger partial charge on any atom is -0.334 e. The number of hydrogen-bond acceptors (Lipinski definition) is 5. The van der Waals surface area contributed by atoms with Gasteiger partial charge in [0.2, 0.25) is 5.69 Å². The number of amides is 1. The summed E-state index contributed by atoms with van der Waals surface area (Å²) in [6.45, 7) is 2.20. The van der Waals surface area contributed by atoms with Crippen molar-refractivity contribution in [2.24, 2.45) is 17.8 Å². The zero-order valence-electron chi connectivity index (χ0n) is 19.5. The van der Waals surface area contributed by atoms with E-state index in [1.54, 1.807) is 21.7 Å². The third-order valence-electron chi connectivity index (χ3n) is 8.69. The van der Waals surface area contributed by atoms with Gasteiger partial charge in [-0.2, -0.15) is 5.10 Å². The molecule has 0 radical (unpaired) electrons. The quantitative estimate of drug-likeness (QED) is 0.446. The maximum Gasteiger partial charge on any atom is 0.320 e. The van der Waals surface area contributed by atoms with E-state index in [9.17, 15) is 19.3 Å². The van der Waals surface area contributed by atoms with E-state index in [0.717, 1.165) is 19.3 Å². The maximum atomic E-state index is 14.2. The fourth-order valence-electron chi connectivity index (χ4n) is 7.41. The first-order valence-corrected chi connectivity index (χ1v) is 12.9. The molecule has 2 aromatic rings. The van der Waals surface area contributed by atoms with Crippen LogP contribution in [0.3, 0.4) is 0 Å². The standard InChI is InChI=1S/C25H29ClFN5O3/c26-20-2-1-3-21(27)19(20)14-29-4-6-30(7-5-29)24(33)23-22(32(34)35)15-31(28-23)25-11-16-8-17(12-25)10-18(9-16)13-25/h1-3,15-18H,4-14H2. The van der Waals surface area contributed by atoms with Gasteiger partial charge in [0, 0.05) is 43.3 Å². The Kier molecular flexibility index (Phi) is 5.60. The Morgan fingerprint density at radius 3 is 2.31 bits per heavy atom. The molecule has 1 aliphatic heterocycles. The molecule has 8 nitrogen and oxygen atoms in total. The maximum absolute atomic E-state index is 14.2. The lowest BCUT2D eigenvalue weighted by atomic mass is 9.53. The lowest BCUT2D eigenvalue weighted by molar-refractivity contribution is -0.385. The second kappa shape index (κ2) is 8.55. The lowest BCUT2D eigenvalue weighted by Crippen LogP contribution is -2.52. The van der Waals surface area contributed by atoms with Gasteiger partial charge in [0.05, 0.1) is 10.5 Å². The number of benzene rings is 1. The Labute approximate surface area is 208 Å². The second-order valence-corrected chi connectivity index (χ2v) is 11.4. The molecule has 10 heteroatoms. The van der Waals surface area contributed by atoms with Gasteiger partial charge in [0.25, 0.3) is 5.91 Å². The average molecular weight is 502 g/mol. The highest BCUT2D eigenvalue weighted by atomic mass is 35.5. The Morgan fingerprint density at radius 1 is 1.11 bits per heavy atom. The van der Waals surface area contributed by atoms with Gasteiger partial charge in [-0.3, -0.25) is 24.5 Å². The van der Waals surface area contributed by atoms with Crippen molar-refractivity contribution in [2.45, 2.75) is 50.6 Å². The van der Waals surface area contributed by atoms with Gasteiger partial charge >= 0.3 is 5.69 Å². The van der Waals surface area contributed by atoms with E-state index in [1.807, 2.05) is 4.90 Å². The largest absolute Gasteiger partial charge is 0.334 e. The van der Waals surface area contributed by atoms with Crippen molar-refractivity contribution >= 4 is 23.2 Å². The number of carbonyl (C=O) groups excluding carboxylic acids is 1. The van der Waals surface area contributed by atoms with Crippen molar-refractivity contribution in [3.63, 3.8) is 0 Å². The number of piperazine rings is 1. The van der Waals surface area contributed by atoms with Gasteiger partial charge in [-0.1, -0.05) is 17.7 Å². The van der Waals surface area contributed by atoms with Crippen LogP contribution in [0.25, 0.3) is 0 Å². The first-order chi connectivity index (χ1) is 16.8. The van der Waals surface area contributed by atoms with Crippen LogP contribution < -0.4 is 0 Å². The van der Waals surface area contributed by atoms with Gasteiger partial charge in [0.15, 0.2) is 0 Å². The van der Waals surface area contributed by atoms with Crippen LogP contribution in [0.1, 0.15) is 54.6 Å². The van der Waals surface area contributed by atoms with Crippen molar-refractivity contribution in [1.82, 2.24) is 19.6 Å². The fourth-order valence-corrected chi connectivity index (χ4v) is 7.63. The molecule has 1 aromatic heterocycles. The molecule has 4 saturated carbocycles. The van der Waals surface area contributed by atoms with Gasteiger partial charge < -0.3 is 4.90 Å². The van der Waals surface area contributed by atoms with E-state index in [2.05, 4.69) is 5.10 Å². The van der Waals surface area contributed by atoms with Crippen LogP contribution in [-0.4, -0.2) is 56.6 Å². The molecule has 1 amide bonds. The van der Waals surface area contributed by atoms with Crippen molar-refractivity contribution in [2.75, 3.05) is 26.2 Å². The van der Waals surface area contributed by atoms with Crippen LogP contribution in [-0.2, 0) is 12.1 Å². The number of nitro groups is 1. The van der Waals surface area contributed by atoms with Crippen molar-refractivity contribution in [1.29, 1.82) is 0 Å². The van der Waals surface area contributed by atoms with E-state index in [-0.39, 0.29) is 22.7 Å². The van der Waals surface area contributed by atoms with Crippen molar-refractivity contribution in [3.05, 3.63) is 56.6 Å². The monoisotopic (exact) mass is 501 g/mol. The normalized spacial score (nSPS) is 30.1. The van der Waals surface area contributed by atoms with Crippen molar-refractivity contribution in [3.8, 4) is 0 Å². The first-order valence-electron chi connectivity index (χ1n) is 12.5. The minimum absolute atomic E-state index is 0.0589. The van der Waals surface area contributed by atoms with Crippen molar-refractivity contribution < 1.29 is 14.1 Å². The smallest absolute Gasteiger partial charge is 0.320 e. The van der Waals surface area contributed by atoms with E-state index in [1.165, 1.54) is 31.5 Å². The fraction of sp³-hybridized carbons (Fsp3) is 0.600. The highest BCUT2D eigenvalue weighted by Gasteiger charge is 2.53. The lowest BCUT2D eigenvalue weighted by Gasteiger charge is -2.56. The molecule has 0 atom stereocenters. The van der Waals surface area contributed by atoms with Gasteiger partial charge in [-0.05, 0) is 68.4 Å². The summed E-state index contributed by atoms with van der Waals surface area (Å²) in [6, 6.07) is 4.63. The summed E-state index contributed by atoms with van der Waals surface area (Å²) < 4.78 is 16.0. The molecule has 2 heterocycles. The zero-order chi connectivity index (χ0) is 24.3. The van der Waals surface area contributed by atoms with E-state index in [0.29, 0.717) is 61.1 Å².